The van der Waals surface area contributed by atoms with Crippen molar-refractivity contribution in [1.82, 2.24) is 15.5 Å². The van der Waals surface area contributed by atoms with Gasteiger partial charge < -0.3 is 20.3 Å². The number of benzene rings is 1. The first-order valence-electron chi connectivity index (χ1n) is 8.33. The Hall–Kier alpha value is -2.57. The van der Waals surface area contributed by atoms with Crippen molar-refractivity contribution in [1.29, 1.82) is 0 Å². The van der Waals surface area contributed by atoms with Crippen LogP contribution in [0, 0.1) is 0 Å². The van der Waals surface area contributed by atoms with Crippen LogP contribution in [-0.4, -0.2) is 54.1 Å². The molecule has 1 heterocycles. The molecule has 0 saturated carbocycles. The monoisotopic (exact) mass is 347 g/mol. The summed E-state index contributed by atoms with van der Waals surface area (Å²) in [4.78, 5) is 38.0. The van der Waals surface area contributed by atoms with Gasteiger partial charge in [-0.1, -0.05) is 30.3 Å². The van der Waals surface area contributed by atoms with Crippen LogP contribution in [0.25, 0.3) is 0 Å². The first kappa shape index (κ1) is 18.8. The molecule has 136 valence electrons. The SMILES string of the molecule is CC(C)(C)OC(=O)NC(Cc1ccccc1)C(=O)N1CCNC(=O)C1. The molecule has 7 nitrogen and oxygen atoms in total. The van der Waals surface area contributed by atoms with Gasteiger partial charge in [-0.25, -0.2) is 4.79 Å². The van der Waals surface area contributed by atoms with Crippen molar-refractivity contribution in [3.8, 4) is 0 Å². The van der Waals surface area contributed by atoms with E-state index in [0.717, 1.165) is 5.56 Å². The average molecular weight is 347 g/mol. The number of amides is 3. The molecule has 1 aromatic rings. The quantitative estimate of drug-likeness (QED) is 0.853. The van der Waals surface area contributed by atoms with E-state index in [4.69, 9.17) is 4.74 Å². The summed E-state index contributed by atoms with van der Waals surface area (Å²) in [7, 11) is 0. The van der Waals surface area contributed by atoms with Crippen molar-refractivity contribution in [2.75, 3.05) is 19.6 Å². The number of rotatable bonds is 4. The summed E-state index contributed by atoms with van der Waals surface area (Å²) in [5.41, 5.74) is 0.258. The predicted octanol–water partition coefficient (Wildman–Crippen LogP) is 1.08. The van der Waals surface area contributed by atoms with Gasteiger partial charge in [-0.05, 0) is 26.3 Å². The van der Waals surface area contributed by atoms with E-state index >= 15 is 0 Å². The molecule has 1 atom stereocenters. The molecule has 1 aliphatic rings. The van der Waals surface area contributed by atoms with Crippen molar-refractivity contribution >= 4 is 17.9 Å². The molecule has 0 aliphatic carbocycles. The molecule has 2 N–H and O–H groups in total. The van der Waals surface area contributed by atoms with Crippen LogP contribution in [0.4, 0.5) is 4.79 Å². The zero-order valence-corrected chi connectivity index (χ0v) is 14.9. The van der Waals surface area contributed by atoms with Crippen LogP contribution in [-0.2, 0) is 20.7 Å². The number of hydrogen-bond donors (Lipinski definition) is 2. The summed E-state index contributed by atoms with van der Waals surface area (Å²) >= 11 is 0. The van der Waals surface area contributed by atoms with E-state index in [-0.39, 0.29) is 18.4 Å². The first-order chi connectivity index (χ1) is 11.7. The molecule has 1 aliphatic heterocycles. The second kappa shape index (κ2) is 8.00. The van der Waals surface area contributed by atoms with Crippen molar-refractivity contribution in [3.63, 3.8) is 0 Å². The molecular weight excluding hydrogens is 322 g/mol. The van der Waals surface area contributed by atoms with Gasteiger partial charge in [0.1, 0.15) is 11.6 Å². The van der Waals surface area contributed by atoms with Gasteiger partial charge in [-0.15, -0.1) is 0 Å². The maximum absolute atomic E-state index is 12.8. The maximum atomic E-state index is 12.8. The van der Waals surface area contributed by atoms with E-state index in [1.807, 2.05) is 30.3 Å². The number of nitrogens with one attached hydrogen (secondary N) is 2. The lowest BCUT2D eigenvalue weighted by Crippen LogP contribution is -2.56. The van der Waals surface area contributed by atoms with Gasteiger partial charge in [0.15, 0.2) is 0 Å². The minimum atomic E-state index is -0.789. The van der Waals surface area contributed by atoms with Gasteiger partial charge in [-0.2, -0.15) is 0 Å². The third-order valence-electron chi connectivity index (χ3n) is 3.62. The van der Waals surface area contributed by atoms with Gasteiger partial charge in [-0.3, -0.25) is 9.59 Å². The lowest BCUT2D eigenvalue weighted by atomic mass is 10.0. The fourth-order valence-electron chi connectivity index (χ4n) is 2.55. The largest absolute Gasteiger partial charge is 0.444 e. The van der Waals surface area contributed by atoms with E-state index in [9.17, 15) is 14.4 Å². The zero-order valence-electron chi connectivity index (χ0n) is 14.9. The molecule has 1 saturated heterocycles. The Labute approximate surface area is 147 Å². The molecule has 7 heteroatoms. The minimum Gasteiger partial charge on any atom is -0.444 e. The molecule has 0 bridgehead atoms. The highest BCUT2D eigenvalue weighted by molar-refractivity contribution is 5.90. The molecule has 0 spiro atoms. The normalized spacial score (nSPS) is 16.0. The minimum absolute atomic E-state index is 0.000121. The van der Waals surface area contributed by atoms with E-state index < -0.39 is 17.7 Å². The van der Waals surface area contributed by atoms with Crippen molar-refractivity contribution < 1.29 is 19.1 Å². The zero-order chi connectivity index (χ0) is 18.4. The molecule has 25 heavy (non-hydrogen) atoms. The molecule has 1 aromatic carbocycles. The van der Waals surface area contributed by atoms with E-state index in [1.54, 1.807) is 20.8 Å². The molecule has 0 radical (unpaired) electrons. The number of ether oxygens (including phenoxy) is 1. The van der Waals surface area contributed by atoms with Crippen molar-refractivity contribution in [3.05, 3.63) is 35.9 Å². The van der Waals surface area contributed by atoms with Gasteiger partial charge >= 0.3 is 6.09 Å². The average Bonchev–Trinajstić information content (AvgIpc) is 2.53. The van der Waals surface area contributed by atoms with Gasteiger partial charge in [0.2, 0.25) is 11.8 Å². The third kappa shape index (κ3) is 6.10. The van der Waals surface area contributed by atoms with Gasteiger partial charge in [0.05, 0.1) is 6.54 Å². The summed E-state index contributed by atoms with van der Waals surface area (Å²) in [6.07, 6.45) is -0.319. The van der Waals surface area contributed by atoms with E-state index in [1.165, 1.54) is 4.90 Å². The predicted molar refractivity (Wildman–Crippen MR) is 92.9 cm³/mol. The standard InChI is InChI=1S/C18H25N3O4/c1-18(2,3)25-17(24)20-14(11-13-7-5-4-6-8-13)16(23)21-10-9-19-15(22)12-21/h4-8,14H,9-12H2,1-3H3,(H,19,22)(H,20,24). The Morgan fingerprint density at radius 2 is 1.96 bits per heavy atom. The van der Waals surface area contributed by atoms with Crippen molar-refractivity contribution in [2.24, 2.45) is 0 Å². The summed E-state index contributed by atoms with van der Waals surface area (Å²) < 4.78 is 5.26. The molecule has 1 fully saturated rings. The van der Waals surface area contributed by atoms with Crippen LogP contribution in [0.2, 0.25) is 0 Å². The summed E-state index contributed by atoms with van der Waals surface area (Å²) in [5.74, 6) is -0.486. The van der Waals surface area contributed by atoms with Gasteiger partial charge in [0, 0.05) is 19.5 Å². The number of hydrogen-bond acceptors (Lipinski definition) is 4. The lowest BCUT2D eigenvalue weighted by Gasteiger charge is -2.31. The Morgan fingerprint density at radius 1 is 1.28 bits per heavy atom. The highest BCUT2D eigenvalue weighted by Crippen LogP contribution is 2.10. The Kier molecular flexibility index (Phi) is 6.01. The second-order valence-corrected chi connectivity index (χ2v) is 7.00. The number of piperazine rings is 1. The van der Waals surface area contributed by atoms with Crippen LogP contribution in [0.15, 0.2) is 30.3 Å². The maximum Gasteiger partial charge on any atom is 0.408 e. The second-order valence-electron chi connectivity index (χ2n) is 7.00. The molecule has 1 unspecified atom stereocenters. The Morgan fingerprint density at radius 3 is 2.56 bits per heavy atom. The Bertz CT molecular complexity index is 625. The highest BCUT2D eigenvalue weighted by atomic mass is 16.6. The summed E-state index contributed by atoms with van der Waals surface area (Å²) in [5, 5.41) is 5.33. The van der Waals surface area contributed by atoms with Crippen molar-refractivity contribution in [2.45, 2.75) is 38.8 Å². The molecule has 2 rings (SSSR count). The van der Waals surface area contributed by atoms with Crippen LogP contribution in [0.3, 0.4) is 0 Å². The number of carbonyl (C=O) groups excluding carboxylic acids is 3. The van der Waals surface area contributed by atoms with Crippen LogP contribution < -0.4 is 10.6 Å². The lowest BCUT2D eigenvalue weighted by molar-refractivity contribution is -0.139. The number of alkyl carbamates (subject to hydrolysis) is 1. The third-order valence-corrected chi connectivity index (χ3v) is 3.62. The fraction of sp³-hybridized carbons (Fsp3) is 0.500. The summed E-state index contributed by atoms with van der Waals surface area (Å²) in [6.45, 7) is 6.11. The van der Waals surface area contributed by atoms with Crippen LogP contribution in [0.5, 0.6) is 0 Å². The Balaban J connectivity index is 2.11. The number of nitrogens with zero attached hydrogens (tertiary/aromatic N) is 1. The number of carbonyl (C=O) groups is 3. The molecule has 3 amide bonds. The van der Waals surface area contributed by atoms with Gasteiger partial charge in [0.25, 0.3) is 0 Å². The summed E-state index contributed by atoms with van der Waals surface area (Å²) in [6, 6.07) is 8.62. The molecular formula is C18H25N3O4. The van der Waals surface area contributed by atoms with E-state index in [0.29, 0.717) is 19.5 Å². The van der Waals surface area contributed by atoms with E-state index in [2.05, 4.69) is 10.6 Å². The van der Waals surface area contributed by atoms with Crippen LogP contribution >= 0.6 is 0 Å². The highest BCUT2D eigenvalue weighted by Gasteiger charge is 2.30. The molecule has 0 aromatic heterocycles. The topological polar surface area (TPSA) is 87.7 Å². The smallest absolute Gasteiger partial charge is 0.408 e. The first-order valence-corrected chi connectivity index (χ1v) is 8.33. The van der Waals surface area contributed by atoms with Crippen LogP contribution in [0.1, 0.15) is 26.3 Å². The fourth-order valence-corrected chi connectivity index (χ4v) is 2.55.